The summed E-state index contributed by atoms with van der Waals surface area (Å²) in [4.78, 5) is 8.82. The standard InChI is InChI=1S/C13H13F2N3OS/c1-2-19-7-12-17-11(16)6-13(18-12)20-8-3-4-9(14)10(15)5-8/h3-6H,2,7H2,1H3,(H2,16,17,18). The number of nitrogen functional groups attached to an aromatic ring is 1. The molecule has 0 unspecified atom stereocenters. The third kappa shape index (κ3) is 3.88. The molecule has 0 bridgehead atoms. The molecule has 1 aromatic carbocycles. The van der Waals surface area contributed by atoms with E-state index in [-0.39, 0.29) is 6.61 Å². The molecule has 1 aromatic heterocycles. The third-order valence-electron chi connectivity index (χ3n) is 2.32. The molecular weight excluding hydrogens is 284 g/mol. The van der Waals surface area contributed by atoms with E-state index < -0.39 is 11.6 Å². The van der Waals surface area contributed by atoms with Crippen molar-refractivity contribution in [2.75, 3.05) is 12.3 Å². The van der Waals surface area contributed by atoms with Gasteiger partial charge in [-0.05, 0) is 25.1 Å². The van der Waals surface area contributed by atoms with Gasteiger partial charge in [0.05, 0.1) is 0 Å². The predicted molar refractivity (Wildman–Crippen MR) is 72.3 cm³/mol. The highest BCUT2D eigenvalue weighted by atomic mass is 32.2. The van der Waals surface area contributed by atoms with Gasteiger partial charge in [-0.25, -0.2) is 18.7 Å². The Morgan fingerprint density at radius 2 is 2.00 bits per heavy atom. The Bertz CT molecular complexity index is 610. The third-order valence-corrected chi connectivity index (χ3v) is 3.23. The molecule has 20 heavy (non-hydrogen) atoms. The lowest BCUT2D eigenvalue weighted by Gasteiger charge is -2.06. The van der Waals surface area contributed by atoms with Crippen molar-refractivity contribution < 1.29 is 13.5 Å². The number of aromatic nitrogens is 2. The Morgan fingerprint density at radius 1 is 1.20 bits per heavy atom. The Balaban J connectivity index is 2.19. The van der Waals surface area contributed by atoms with Gasteiger partial charge in [-0.15, -0.1) is 0 Å². The quantitative estimate of drug-likeness (QED) is 0.860. The van der Waals surface area contributed by atoms with E-state index in [2.05, 4.69) is 9.97 Å². The van der Waals surface area contributed by atoms with E-state index in [0.29, 0.717) is 28.2 Å². The summed E-state index contributed by atoms with van der Waals surface area (Å²) >= 11 is 1.18. The lowest BCUT2D eigenvalue weighted by molar-refractivity contribution is 0.128. The molecule has 2 N–H and O–H groups in total. The molecule has 2 rings (SSSR count). The van der Waals surface area contributed by atoms with E-state index in [4.69, 9.17) is 10.5 Å². The van der Waals surface area contributed by atoms with Gasteiger partial charge >= 0.3 is 0 Å². The maximum atomic E-state index is 13.1. The number of benzene rings is 1. The summed E-state index contributed by atoms with van der Waals surface area (Å²) in [6.07, 6.45) is 0. The molecule has 0 aliphatic rings. The molecule has 106 valence electrons. The lowest BCUT2D eigenvalue weighted by Crippen LogP contribution is -2.03. The van der Waals surface area contributed by atoms with Crippen LogP contribution in [0, 0.1) is 11.6 Å². The molecule has 0 saturated carbocycles. The zero-order chi connectivity index (χ0) is 14.5. The smallest absolute Gasteiger partial charge is 0.159 e. The molecule has 0 saturated heterocycles. The molecule has 1 heterocycles. The van der Waals surface area contributed by atoms with Gasteiger partial charge in [0.25, 0.3) is 0 Å². The number of hydrogen-bond acceptors (Lipinski definition) is 5. The summed E-state index contributed by atoms with van der Waals surface area (Å²) in [7, 11) is 0. The van der Waals surface area contributed by atoms with Crippen LogP contribution in [0.1, 0.15) is 12.7 Å². The highest BCUT2D eigenvalue weighted by molar-refractivity contribution is 7.99. The summed E-state index contributed by atoms with van der Waals surface area (Å²) in [6.45, 7) is 2.67. The first-order valence-electron chi connectivity index (χ1n) is 5.92. The molecule has 0 spiro atoms. The van der Waals surface area contributed by atoms with E-state index in [0.717, 1.165) is 12.1 Å². The van der Waals surface area contributed by atoms with Gasteiger partial charge in [-0.1, -0.05) is 11.8 Å². The van der Waals surface area contributed by atoms with Gasteiger partial charge in [-0.2, -0.15) is 0 Å². The average Bonchev–Trinajstić information content (AvgIpc) is 2.40. The van der Waals surface area contributed by atoms with Crippen LogP contribution in [0.15, 0.2) is 34.2 Å². The van der Waals surface area contributed by atoms with E-state index in [9.17, 15) is 8.78 Å². The highest BCUT2D eigenvalue weighted by Gasteiger charge is 2.07. The van der Waals surface area contributed by atoms with Crippen molar-refractivity contribution in [3.63, 3.8) is 0 Å². The number of nitrogens with two attached hydrogens (primary N) is 1. The molecule has 4 nitrogen and oxygen atoms in total. The Labute approximate surface area is 119 Å². The molecule has 0 fully saturated rings. The van der Waals surface area contributed by atoms with Gasteiger partial charge in [0.2, 0.25) is 0 Å². The Morgan fingerprint density at radius 3 is 2.70 bits per heavy atom. The van der Waals surface area contributed by atoms with Crippen molar-refractivity contribution in [3.8, 4) is 0 Å². The fraction of sp³-hybridized carbons (Fsp3) is 0.231. The number of nitrogens with zero attached hydrogens (tertiary/aromatic N) is 2. The summed E-state index contributed by atoms with van der Waals surface area (Å²) in [5, 5.41) is 0.554. The van der Waals surface area contributed by atoms with Crippen molar-refractivity contribution in [2.45, 2.75) is 23.5 Å². The molecule has 0 aliphatic heterocycles. The number of ether oxygens (including phenoxy) is 1. The minimum absolute atomic E-state index is 0.257. The second kappa shape index (κ2) is 6.62. The van der Waals surface area contributed by atoms with E-state index in [1.807, 2.05) is 6.92 Å². The van der Waals surface area contributed by atoms with Crippen molar-refractivity contribution in [3.05, 3.63) is 41.7 Å². The summed E-state index contributed by atoms with van der Waals surface area (Å²) in [5.41, 5.74) is 5.68. The van der Waals surface area contributed by atoms with Crippen LogP contribution in [-0.2, 0) is 11.3 Å². The fourth-order valence-electron chi connectivity index (χ4n) is 1.46. The van der Waals surface area contributed by atoms with Gasteiger partial charge in [0.1, 0.15) is 17.5 Å². The summed E-state index contributed by atoms with van der Waals surface area (Å²) < 4.78 is 31.2. The molecule has 7 heteroatoms. The Kier molecular flexibility index (Phi) is 4.86. The largest absolute Gasteiger partial charge is 0.384 e. The van der Waals surface area contributed by atoms with Gasteiger partial charge < -0.3 is 10.5 Å². The number of rotatable bonds is 5. The van der Waals surface area contributed by atoms with Crippen molar-refractivity contribution >= 4 is 17.6 Å². The van der Waals surface area contributed by atoms with Crippen LogP contribution in [0.5, 0.6) is 0 Å². The molecule has 0 atom stereocenters. The van der Waals surface area contributed by atoms with Crippen molar-refractivity contribution in [1.29, 1.82) is 0 Å². The first kappa shape index (κ1) is 14.7. The number of hydrogen-bond donors (Lipinski definition) is 1. The SMILES string of the molecule is CCOCc1nc(N)cc(Sc2ccc(F)c(F)c2)n1. The first-order chi connectivity index (χ1) is 9.58. The molecule has 0 amide bonds. The monoisotopic (exact) mass is 297 g/mol. The van der Waals surface area contributed by atoms with E-state index in [1.54, 1.807) is 6.07 Å². The van der Waals surface area contributed by atoms with Crippen LogP contribution in [-0.4, -0.2) is 16.6 Å². The van der Waals surface area contributed by atoms with Crippen molar-refractivity contribution in [1.82, 2.24) is 9.97 Å². The average molecular weight is 297 g/mol. The van der Waals surface area contributed by atoms with E-state index in [1.165, 1.54) is 17.8 Å². The molecular formula is C13H13F2N3OS. The number of halogens is 2. The zero-order valence-corrected chi connectivity index (χ0v) is 11.6. The van der Waals surface area contributed by atoms with Crippen LogP contribution < -0.4 is 5.73 Å². The normalized spacial score (nSPS) is 10.8. The minimum atomic E-state index is -0.897. The maximum absolute atomic E-state index is 13.1. The maximum Gasteiger partial charge on any atom is 0.159 e. The second-order valence-corrected chi connectivity index (χ2v) is 4.96. The summed E-state index contributed by atoms with van der Waals surface area (Å²) in [6, 6.07) is 5.23. The minimum Gasteiger partial charge on any atom is -0.384 e. The highest BCUT2D eigenvalue weighted by Crippen LogP contribution is 2.28. The zero-order valence-electron chi connectivity index (χ0n) is 10.8. The van der Waals surface area contributed by atoms with Gasteiger partial charge in [0, 0.05) is 17.6 Å². The topological polar surface area (TPSA) is 61.0 Å². The van der Waals surface area contributed by atoms with Crippen LogP contribution in [0.25, 0.3) is 0 Å². The fourth-order valence-corrected chi connectivity index (χ4v) is 2.33. The van der Waals surface area contributed by atoms with Crippen LogP contribution in [0.4, 0.5) is 14.6 Å². The number of anilines is 1. The van der Waals surface area contributed by atoms with E-state index >= 15 is 0 Å². The van der Waals surface area contributed by atoms with Gasteiger partial charge in [0.15, 0.2) is 17.5 Å². The van der Waals surface area contributed by atoms with Crippen LogP contribution in [0.2, 0.25) is 0 Å². The molecule has 0 radical (unpaired) electrons. The van der Waals surface area contributed by atoms with Crippen LogP contribution in [0.3, 0.4) is 0 Å². The lowest BCUT2D eigenvalue weighted by atomic mass is 10.3. The van der Waals surface area contributed by atoms with Crippen molar-refractivity contribution in [2.24, 2.45) is 0 Å². The predicted octanol–water partition coefficient (Wildman–Crippen LogP) is 3.02. The Hall–Kier alpha value is -1.73. The van der Waals surface area contributed by atoms with Gasteiger partial charge in [-0.3, -0.25) is 0 Å². The first-order valence-corrected chi connectivity index (χ1v) is 6.74. The summed E-state index contributed by atoms with van der Waals surface area (Å²) in [5.74, 6) is -1.02. The molecule has 0 aliphatic carbocycles. The van der Waals surface area contributed by atoms with Crippen LogP contribution >= 0.6 is 11.8 Å². The second-order valence-electron chi connectivity index (χ2n) is 3.86. The molecule has 2 aromatic rings.